The molecule has 92 valence electrons. The Bertz CT molecular complexity index is 497. The lowest BCUT2D eigenvalue weighted by molar-refractivity contribution is 0.0294. The molecule has 2 rings (SSSR count). The highest BCUT2D eigenvalue weighted by molar-refractivity contribution is 9.10. The van der Waals surface area contributed by atoms with Crippen molar-refractivity contribution in [3.8, 4) is 17.2 Å². The zero-order valence-corrected chi connectivity index (χ0v) is 10.9. The van der Waals surface area contributed by atoms with E-state index in [9.17, 15) is 15.0 Å². The Morgan fingerprint density at radius 3 is 2.65 bits per heavy atom. The predicted octanol–water partition coefficient (Wildman–Crippen LogP) is 1.97. The van der Waals surface area contributed by atoms with Crippen molar-refractivity contribution in [3.05, 3.63) is 15.6 Å². The van der Waals surface area contributed by atoms with Gasteiger partial charge in [-0.1, -0.05) is 0 Å². The number of esters is 1. The van der Waals surface area contributed by atoms with Gasteiger partial charge in [-0.05, 0) is 28.4 Å². The van der Waals surface area contributed by atoms with Gasteiger partial charge in [0.05, 0.1) is 11.6 Å². The summed E-state index contributed by atoms with van der Waals surface area (Å²) in [5, 5.41) is 19.4. The number of carbonyl (C=O) groups excluding carboxylic acids is 1. The van der Waals surface area contributed by atoms with E-state index in [-0.39, 0.29) is 23.2 Å². The van der Waals surface area contributed by atoms with E-state index < -0.39 is 11.7 Å². The largest absolute Gasteiger partial charge is 0.503 e. The lowest BCUT2D eigenvalue weighted by Gasteiger charge is -2.25. The van der Waals surface area contributed by atoms with E-state index in [1.165, 1.54) is 7.11 Å². The number of hydrogen-bond donors (Lipinski definition) is 2. The number of fused-ring (bicyclic) bond motifs is 1. The van der Waals surface area contributed by atoms with Crippen LogP contribution in [0.15, 0.2) is 4.47 Å². The Kier molecular flexibility index (Phi) is 2.91. The van der Waals surface area contributed by atoms with Crippen LogP contribution in [-0.2, 0) is 11.2 Å². The van der Waals surface area contributed by atoms with Gasteiger partial charge in [0, 0.05) is 6.42 Å². The Hall–Kier alpha value is -1.43. The average Bonchev–Trinajstić information content (AvgIpc) is 2.28. The molecule has 5 nitrogen and oxygen atoms in total. The van der Waals surface area contributed by atoms with Gasteiger partial charge in [0.15, 0.2) is 11.5 Å². The van der Waals surface area contributed by atoms with Gasteiger partial charge in [-0.2, -0.15) is 0 Å². The topological polar surface area (TPSA) is 76.0 Å². The summed E-state index contributed by atoms with van der Waals surface area (Å²) in [7, 11) is 1.31. The molecule has 0 amide bonds. The molecule has 17 heavy (non-hydrogen) atoms. The summed E-state index contributed by atoms with van der Waals surface area (Å²) in [6.07, 6.45) is 0.172. The number of halogens is 1. The molecule has 0 aliphatic carbocycles. The maximum atomic E-state index is 11.8. The van der Waals surface area contributed by atoms with Crippen molar-refractivity contribution in [2.45, 2.75) is 19.4 Å². The minimum Gasteiger partial charge on any atom is -0.503 e. The van der Waals surface area contributed by atoms with Crippen LogP contribution in [0.1, 0.15) is 22.8 Å². The van der Waals surface area contributed by atoms with E-state index >= 15 is 0 Å². The second-order valence-electron chi connectivity index (χ2n) is 3.82. The SMILES string of the molecule is COc1c(O)c(O)c(Br)c2c1C(=O)O[C@H](C)C2. The summed E-state index contributed by atoms with van der Waals surface area (Å²) in [5.41, 5.74) is 0.744. The first-order chi connectivity index (χ1) is 7.97. The molecule has 0 saturated heterocycles. The van der Waals surface area contributed by atoms with Gasteiger partial charge in [-0.25, -0.2) is 4.79 Å². The first-order valence-electron chi connectivity index (χ1n) is 4.98. The molecule has 0 radical (unpaired) electrons. The first kappa shape index (κ1) is 12.0. The number of ether oxygens (including phenoxy) is 2. The molecule has 1 aromatic carbocycles. The fourth-order valence-corrected chi connectivity index (χ4v) is 2.44. The second kappa shape index (κ2) is 4.10. The number of rotatable bonds is 1. The van der Waals surface area contributed by atoms with Gasteiger partial charge >= 0.3 is 5.97 Å². The van der Waals surface area contributed by atoms with Gasteiger partial charge in [0.1, 0.15) is 11.7 Å². The van der Waals surface area contributed by atoms with Crippen LogP contribution >= 0.6 is 15.9 Å². The van der Waals surface area contributed by atoms with Crippen molar-refractivity contribution in [2.75, 3.05) is 7.11 Å². The van der Waals surface area contributed by atoms with Crippen LogP contribution in [0.2, 0.25) is 0 Å². The van der Waals surface area contributed by atoms with Gasteiger partial charge in [-0.3, -0.25) is 0 Å². The van der Waals surface area contributed by atoms with E-state index in [0.29, 0.717) is 16.5 Å². The highest BCUT2D eigenvalue weighted by atomic mass is 79.9. The summed E-state index contributed by atoms with van der Waals surface area (Å²) in [5.74, 6) is -1.42. The molecule has 0 saturated carbocycles. The summed E-state index contributed by atoms with van der Waals surface area (Å²) >= 11 is 3.16. The first-order valence-corrected chi connectivity index (χ1v) is 5.77. The summed E-state index contributed by atoms with van der Waals surface area (Å²) < 4.78 is 10.3. The fourth-order valence-electron chi connectivity index (χ4n) is 1.90. The van der Waals surface area contributed by atoms with E-state index in [2.05, 4.69) is 15.9 Å². The Morgan fingerprint density at radius 2 is 2.06 bits per heavy atom. The zero-order valence-electron chi connectivity index (χ0n) is 9.28. The van der Waals surface area contributed by atoms with Crippen molar-refractivity contribution in [1.29, 1.82) is 0 Å². The highest BCUT2D eigenvalue weighted by Crippen LogP contribution is 2.48. The van der Waals surface area contributed by atoms with Crippen LogP contribution in [0.5, 0.6) is 17.2 Å². The monoisotopic (exact) mass is 302 g/mol. The molecule has 0 fully saturated rings. The van der Waals surface area contributed by atoms with E-state index in [1.54, 1.807) is 6.92 Å². The predicted molar refractivity (Wildman–Crippen MR) is 62.6 cm³/mol. The Labute approximate surface area is 106 Å². The number of aromatic hydroxyl groups is 2. The minimum atomic E-state index is -0.563. The Morgan fingerprint density at radius 1 is 1.41 bits per heavy atom. The maximum Gasteiger partial charge on any atom is 0.342 e. The quantitative estimate of drug-likeness (QED) is 0.613. The highest BCUT2D eigenvalue weighted by Gasteiger charge is 2.33. The molecule has 0 aromatic heterocycles. The van der Waals surface area contributed by atoms with Gasteiger partial charge in [0.25, 0.3) is 0 Å². The van der Waals surface area contributed by atoms with E-state index in [0.717, 1.165) is 0 Å². The molecule has 1 heterocycles. The van der Waals surface area contributed by atoms with Crippen LogP contribution in [0.25, 0.3) is 0 Å². The molecule has 1 aliphatic rings. The third-order valence-corrected chi connectivity index (χ3v) is 3.50. The van der Waals surface area contributed by atoms with Crippen molar-refractivity contribution < 1.29 is 24.5 Å². The smallest absolute Gasteiger partial charge is 0.342 e. The average molecular weight is 303 g/mol. The Balaban J connectivity index is 2.77. The maximum absolute atomic E-state index is 11.8. The summed E-state index contributed by atoms with van der Waals surface area (Å²) in [6.45, 7) is 1.75. The normalized spacial score (nSPS) is 18.5. The molecule has 1 aromatic rings. The standard InChI is InChI=1S/C11H11BrO5/c1-4-3-5-6(11(15)17-4)10(16-2)9(14)8(13)7(5)12/h4,13-14H,3H2,1-2H3/t4-/m1/s1. The minimum absolute atomic E-state index is 0.0578. The number of carbonyl (C=O) groups is 1. The number of methoxy groups -OCH3 is 1. The van der Waals surface area contributed by atoms with Gasteiger partial charge in [0.2, 0.25) is 5.75 Å². The molecule has 1 aliphatic heterocycles. The van der Waals surface area contributed by atoms with Crippen LogP contribution in [-0.4, -0.2) is 29.4 Å². The summed E-state index contributed by atoms with van der Waals surface area (Å²) in [6, 6.07) is 0. The van der Waals surface area contributed by atoms with Crippen molar-refractivity contribution in [1.82, 2.24) is 0 Å². The van der Waals surface area contributed by atoms with E-state index in [4.69, 9.17) is 9.47 Å². The zero-order chi connectivity index (χ0) is 12.7. The number of phenolic OH excluding ortho intramolecular Hbond substituents is 2. The van der Waals surface area contributed by atoms with E-state index in [1.807, 2.05) is 0 Å². The van der Waals surface area contributed by atoms with Crippen LogP contribution in [0.3, 0.4) is 0 Å². The second-order valence-corrected chi connectivity index (χ2v) is 4.61. The van der Waals surface area contributed by atoms with Crippen LogP contribution < -0.4 is 4.74 Å². The van der Waals surface area contributed by atoms with Crippen molar-refractivity contribution in [3.63, 3.8) is 0 Å². The van der Waals surface area contributed by atoms with Gasteiger partial charge in [-0.15, -0.1) is 0 Å². The van der Waals surface area contributed by atoms with Crippen molar-refractivity contribution in [2.24, 2.45) is 0 Å². The molecule has 6 heteroatoms. The van der Waals surface area contributed by atoms with Crippen molar-refractivity contribution >= 4 is 21.9 Å². The molecule has 1 atom stereocenters. The molecule has 0 unspecified atom stereocenters. The lowest BCUT2D eigenvalue weighted by Crippen LogP contribution is -2.26. The molecule has 0 spiro atoms. The molecular formula is C11H11BrO5. The molecule has 2 N–H and O–H groups in total. The molecular weight excluding hydrogens is 292 g/mol. The lowest BCUT2D eigenvalue weighted by atomic mass is 9.97. The van der Waals surface area contributed by atoms with Gasteiger partial charge < -0.3 is 19.7 Å². The number of benzene rings is 1. The number of cyclic esters (lactones) is 1. The number of phenols is 2. The third-order valence-electron chi connectivity index (χ3n) is 2.65. The molecule has 0 bridgehead atoms. The third kappa shape index (κ3) is 1.72. The fraction of sp³-hybridized carbons (Fsp3) is 0.364. The van der Waals surface area contributed by atoms with Crippen LogP contribution in [0, 0.1) is 0 Å². The number of hydrogen-bond acceptors (Lipinski definition) is 5. The van der Waals surface area contributed by atoms with Crippen LogP contribution in [0.4, 0.5) is 0 Å². The summed E-state index contributed by atoms with van der Waals surface area (Å²) in [4.78, 5) is 11.8.